The lowest BCUT2D eigenvalue weighted by atomic mass is 10.1. The van der Waals surface area contributed by atoms with Crippen LogP contribution in [0.15, 0.2) is 20.8 Å². The Bertz CT molecular complexity index is 772. The molecular formula is C16H18ClN3O3S3. The van der Waals surface area contributed by atoms with Crippen LogP contribution in [-0.4, -0.2) is 35.2 Å². The van der Waals surface area contributed by atoms with Crippen molar-refractivity contribution in [2.75, 3.05) is 19.1 Å². The highest BCUT2D eigenvalue weighted by atomic mass is 35.5. The highest BCUT2D eigenvalue weighted by Crippen LogP contribution is 2.37. The SMILES string of the molecule is CCCNC(=O)CSc1nnc(SCc2cc(Cl)cc3c2OCOC3)s1. The Morgan fingerprint density at radius 2 is 2.15 bits per heavy atom. The molecule has 0 atom stereocenters. The molecule has 0 saturated heterocycles. The van der Waals surface area contributed by atoms with Crippen LogP contribution in [0.1, 0.15) is 24.5 Å². The molecule has 1 aromatic carbocycles. The predicted octanol–water partition coefficient (Wildman–Crippen LogP) is 3.97. The number of nitrogens with one attached hydrogen (secondary N) is 1. The number of amides is 1. The first-order valence-corrected chi connectivity index (χ1v) is 11.2. The number of carbonyl (C=O) groups is 1. The maximum absolute atomic E-state index is 11.6. The van der Waals surface area contributed by atoms with Crippen molar-refractivity contribution in [2.24, 2.45) is 0 Å². The van der Waals surface area contributed by atoms with Crippen molar-refractivity contribution in [3.8, 4) is 5.75 Å². The molecule has 0 aliphatic carbocycles. The van der Waals surface area contributed by atoms with Crippen molar-refractivity contribution in [1.82, 2.24) is 15.5 Å². The van der Waals surface area contributed by atoms with Crippen molar-refractivity contribution in [3.63, 3.8) is 0 Å². The van der Waals surface area contributed by atoms with Crippen LogP contribution >= 0.6 is 46.5 Å². The number of ether oxygens (including phenoxy) is 2. The van der Waals surface area contributed by atoms with Crippen molar-refractivity contribution >= 4 is 52.4 Å². The van der Waals surface area contributed by atoms with Gasteiger partial charge in [0, 0.05) is 28.4 Å². The average Bonchev–Trinajstić information content (AvgIpc) is 3.10. The smallest absolute Gasteiger partial charge is 0.230 e. The van der Waals surface area contributed by atoms with E-state index in [2.05, 4.69) is 15.5 Å². The topological polar surface area (TPSA) is 73.3 Å². The molecule has 1 N–H and O–H groups in total. The predicted molar refractivity (Wildman–Crippen MR) is 105 cm³/mol. The van der Waals surface area contributed by atoms with Crippen LogP contribution in [0.2, 0.25) is 5.02 Å². The van der Waals surface area contributed by atoms with Crippen LogP contribution < -0.4 is 10.1 Å². The van der Waals surface area contributed by atoms with Crippen LogP contribution in [0.3, 0.4) is 0 Å². The monoisotopic (exact) mass is 431 g/mol. The lowest BCUT2D eigenvalue weighted by Crippen LogP contribution is -2.25. The van der Waals surface area contributed by atoms with Crippen LogP contribution in [0, 0.1) is 0 Å². The van der Waals surface area contributed by atoms with E-state index in [-0.39, 0.29) is 12.7 Å². The minimum atomic E-state index is 0.0196. The molecule has 0 fully saturated rings. The van der Waals surface area contributed by atoms with Crippen molar-refractivity contribution < 1.29 is 14.3 Å². The van der Waals surface area contributed by atoms with E-state index in [1.54, 1.807) is 11.8 Å². The minimum absolute atomic E-state index is 0.0196. The fourth-order valence-corrected chi connectivity index (χ4v) is 5.34. The number of carbonyl (C=O) groups excluding carboxylic acids is 1. The van der Waals surface area contributed by atoms with E-state index >= 15 is 0 Å². The highest BCUT2D eigenvalue weighted by molar-refractivity contribution is 8.03. The Morgan fingerprint density at radius 3 is 2.96 bits per heavy atom. The third-order valence-corrected chi connectivity index (χ3v) is 6.85. The van der Waals surface area contributed by atoms with Gasteiger partial charge in [0.15, 0.2) is 15.5 Å². The Kier molecular flexibility index (Phi) is 7.44. The van der Waals surface area contributed by atoms with Crippen LogP contribution in [0.25, 0.3) is 0 Å². The number of halogens is 1. The van der Waals surface area contributed by atoms with E-state index in [1.807, 2.05) is 19.1 Å². The van der Waals surface area contributed by atoms with Crippen molar-refractivity contribution in [1.29, 1.82) is 0 Å². The number of hydrogen-bond acceptors (Lipinski definition) is 8. The normalized spacial score (nSPS) is 13.2. The van der Waals surface area contributed by atoms with Gasteiger partial charge in [-0.25, -0.2) is 0 Å². The highest BCUT2D eigenvalue weighted by Gasteiger charge is 2.17. The molecule has 2 heterocycles. The fourth-order valence-electron chi connectivity index (χ4n) is 2.26. The second kappa shape index (κ2) is 9.80. The van der Waals surface area contributed by atoms with Gasteiger partial charge in [-0.1, -0.05) is 53.4 Å². The molecule has 10 heteroatoms. The van der Waals surface area contributed by atoms with Gasteiger partial charge < -0.3 is 14.8 Å². The molecule has 0 bridgehead atoms. The summed E-state index contributed by atoms with van der Waals surface area (Å²) < 4.78 is 12.6. The maximum Gasteiger partial charge on any atom is 0.230 e. The summed E-state index contributed by atoms with van der Waals surface area (Å²) in [5.74, 6) is 1.90. The summed E-state index contributed by atoms with van der Waals surface area (Å²) >= 11 is 10.7. The summed E-state index contributed by atoms with van der Waals surface area (Å²) in [7, 11) is 0. The van der Waals surface area contributed by atoms with Gasteiger partial charge in [0.1, 0.15) is 5.75 Å². The Hall–Kier alpha value is -1.00. The van der Waals surface area contributed by atoms with Gasteiger partial charge in [0.2, 0.25) is 5.91 Å². The van der Waals surface area contributed by atoms with E-state index < -0.39 is 0 Å². The molecule has 0 unspecified atom stereocenters. The maximum atomic E-state index is 11.6. The summed E-state index contributed by atoms with van der Waals surface area (Å²) in [6.45, 7) is 3.49. The second-order valence-electron chi connectivity index (χ2n) is 5.42. The number of fused-ring (bicyclic) bond motifs is 1. The summed E-state index contributed by atoms with van der Waals surface area (Å²) in [5, 5.41) is 11.8. The van der Waals surface area contributed by atoms with Gasteiger partial charge in [-0.3, -0.25) is 4.79 Å². The van der Waals surface area contributed by atoms with Crippen LogP contribution in [0.5, 0.6) is 5.75 Å². The van der Waals surface area contributed by atoms with E-state index in [4.69, 9.17) is 21.1 Å². The summed E-state index contributed by atoms with van der Waals surface area (Å²) in [6.07, 6.45) is 0.930. The Morgan fingerprint density at radius 1 is 1.35 bits per heavy atom. The molecule has 3 rings (SSSR count). The third-order valence-electron chi connectivity index (χ3n) is 3.39. The molecule has 1 amide bonds. The first-order chi connectivity index (χ1) is 12.7. The molecule has 1 aromatic heterocycles. The molecule has 0 saturated carbocycles. The minimum Gasteiger partial charge on any atom is -0.467 e. The lowest BCUT2D eigenvalue weighted by molar-refractivity contribution is -0.118. The molecule has 0 radical (unpaired) electrons. The molecular weight excluding hydrogens is 414 g/mol. The second-order valence-corrected chi connectivity index (χ2v) is 9.28. The van der Waals surface area contributed by atoms with E-state index in [0.717, 1.165) is 32.0 Å². The molecule has 140 valence electrons. The quantitative estimate of drug-likeness (QED) is 0.634. The fraction of sp³-hybridized carbons (Fsp3) is 0.438. The zero-order chi connectivity index (χ0) is 18.4. The molecule has 1 aliphatic heterocycles. The van der Waals surface area contributed by atoms with Gasteiger partial charge in [-0.15, -0.1) is 10.2 Å². The van der Waals surface area contributed by atoms with Gasteiger partial charge in [-0.05, 0) is 18.6 Å². The lowest BCUT2D eigenvalue weighted by Gasteiger charge is -2.20. The number of aromatic nitrogens is 2. The molecule has 0 spiro atoms. The Labute approximate surface area is 169 Å². The molecule has 6 nitrogen and oxygen atoms in total. The van der Waals surface area contributed by atoms with Crippen molar-refractivity contribution in [3.05, 3.63) is 28.3 Å². The number of thioether (sulfide) groups is 2. The summed E-state index contributed by atoms with van der Waals surface area (Å²) in [4.78, 5) is 11.6. The average molecular weight is 432 g/mol. The van der Waals surface area contributed by atoms with E-state index in [9.17, 15) is 4.79 Å². The number of benzene rings is 1. The zero-order valence-electron chi connectivity index (χ0n) is 14.1. The summed E-state index contributed by atoms with van der Waals surface area (Å²) in [6, 6.07) is 3.78. The Balaban J connectivity index is 1.55. The summed E-state index contributed by atoms with van der Waals surface area (Å²) in [5.41, 5.74) is 1.98. The van der Waals surface area contributed by atoms with Crippen molar-refractivity contribution in [2.45, 2.75) is 34.4 Å². The number of nitrogens with zero attached hydrogens (tertiary/aromatic N) is 2. The third kappa shape index (κ3) is 5.50. The first kappa shape index (κ1) is 19.8. The zero-order valence-corrected chi connectivity index (χ0v) is 17.3. The number of hydrogen-bond donors (Lipinski definition) is 1. The molecule has 2 aromatic rings. The van der Waals surface area contributed by atoms with Gasteiger partial charge in [0.25, 0.3) is 0 Å². The van der Waals surface area contributed by atoms with Gasteiger partial charge >= 0.3 is 0 Å². The van der Waals surface area contributed by atoms with E-state index in [1.165, 1.54) is 23.1 Å². The standard InChI is InChI=1S/C16H18ClN3O3S3/c1-2-3-18-13(21)8-25-16-20-19-15(26-16)24-7-11-5-12(17)4-10-6-22-9-23-14(10)11/h4-5H,2-3,6-9H2,1H3,(H,18,21). The van der Waals surface area contributed by atoms with Crippen LogP contribution in [0.4, 0.5) is 0 Å². The van der Waals surface area contributed by atoms with Gasteiger partial charge in [-0.2, -0.15) is 0 Å². The molecule has 26 heavy (non-hydrogen) atoms. The van der Waals surface area contributed by atoms with Gasteiger partial charge in [0.05, 0.1) is 12.4 Å². The van der Waals surface area contributed by atoms with Crippen LogP contribution in [-0.2, 0) is 21.9 Å². The van der Waals surface area contributed by atoms with E-state index in [0.29, 0.717) is 29.7 Å². The molecule has 1 aliphatic rings. The first-order valence-electron chi connectivity index (χ1n) is 8.03. The largest absolute Gasteiger partial charge is 0.467 e. The number of rotatable bonds is 8.